The molecule has 9 heteroatoms. The van der Waals surface area contributed by atoms with Gasteiger partial charge in [0.05, 0.1) is 10.2 Å². The van der Waals surface area contributed by atoms with E-state index in [-0.39, 0.29) is 18.6 Å². The van der Waals surface area contributed by atoms with E-state index in [4.69, 9.17) is 27.9 Å². The third-order valence-electron chi connectivity index (χ3n) is 5.50. The molecule has 3 N–H and O–H groups in total. The Balaban J connectivity index is 1.16. The Morgan fingerprint density at radius 2 is 1.78 bits per heavy atom. The summed E-state index contributed by atoms with van der Waals surface area (Å²) in [7, 11) is 0. The Bertz CT molecular complexity index is 1050. The van der Waals surface area contributed by atoms with Crippen LogP contribution in [0.25, 0.3) is 10.2 Å². The molecule has 0 radical (unpaired) electrons. The lowest BCUT2D eigenvalue weighted by atomic mass is 9.91. The van der Waals surface area contributed by atoms with Gasteiger partial charge >= 0.3 is 0 Å². The van der Waals surface area contributed by atoms with Crippen LogP contribution in [0.3, 0.4) is 0 Å². The van der Waals surface area contributed by atoms with E-state index in [1.165, 1.54) is 11.3 Å². The summed E-state index contributed by atoms with van der Waals surface area (Å²) >= 11 is 13.2. The fourth-order valence-electron chi connectivity index (χ4n) is 3.77. The van der Waals surface area contributed by atoms with Gasteiger partial charge in [-0.05, 0) is 68.1 Å². The zero-order valence-corrected chi connectivity index (χ0v) is 19.7. The van der Waals surface area contributed by atoms with Crippen LogP contribution in [0.2, 0.25) is 10.0 Å². The Kier molecular flexibility index (Phi) is 7.86. The molecular weight excluding hydrogens is 469 g/mol. The van der Waals surface area contributed by atoms with Gasteiger partial charge in [0.25, 0.3) is 5.91 Å². The lowest BCUT2D eigenvalue weighted by Crippen LogP contribution is -2.44. The number of thiazole rings is 1. The maximum absolute atomic E-state index is 12.6. The van der Waals surface area contributed by atoms with Crippen molar-refractivity contribution < 1.29 is 14.6 Å². The molecule has 1 aliphatic rings. The Morgan fingerprint density at radius 3 is 2.53 bits per heavy atom. The van der Waals surface area contributed by atoms with Crippen molar-refractivity contribution in [2.75, 3.05) is 13.2 Å². The van der Waals surface area contributed by atoms with Gasteiger partial charge in [-0.2, -0.15) is 0 Å². The van der Waals surface area contributed by atoms with Gasteiger partial charge in [0, 0.05) is 28.7 Å². The quantitative estimate of drug-likeness (QED) is 0.424. The number of nitrogens with zero attached hydrogens (tertiary/aromatic N) is 1. The molecule has 0 aliphatic heterocycles. The monoisotopic (exact) mass is 493 g/mol. The summed E-state index contributed by atoms with van der Waals surface area (Å²) in [4.78, 5) is 17.0. The topological polar surface area (TPSA) is 83.5 Å². The van der Waals surface area contributed by atoms with Crippen LogP contribution >= 0.6 is 34.5 Å². The first-order valence-corrected chi connectivity index (χ1v) is 12.2. The number of rotatable bonds is 8. The minimum Gasteiger partial charge on any atom is -0.491 e. The van der Waals surface area contributed by atoms with Crippen LogP contribution in [0.4, 0.5) is 0 Å². The second-order valence-corrected chi connectivity index (χ2v) is 9.88. The van der Waals surface area contributed by atoms with Crippen LogP contribution in [0.15, 0.2) is 42.5 Å². The van der Waals surface area contributed by atoms with Crippen molar-refractivity contribution >= 4 is 50.7 Å². The summed E-state index contributed by atoms with van der Waals surface area (Å²) in [5.74, 6) is 0.550. The fraction of sp³-hybridized carbons (Fsp3) is 0.391. The second-order valence-electron chi connectivity index (χ2n) is 7.98. The van der Waals surface area contributed by atoms with Gasteiger partial charge in [-0.25, -0.2) is 4.98 Å². The van der Waals surface area contributed by atoms with Crippen LogP contribution in [-0.4, -0.2) is 47.3 Å². The first-order valence-electron chi connectivity index (χ1n) is 10.6. The third kappa shape index (κ3) is 6.33. The highest BCUT2D eigenvalue weighted by Gasteiger charge is 2.24. The number of halogens is 2. The van der Waals surface area contributed by atoms with Gasteiger partial charge in [-0.3, -0.25) is 4.79 Å². The van der Waals surface area contributed by atoms with Crippen molar-refractivity contribution in [3.8, 4) is 5.75 Å². The van der Waals surface area contributed by atoms with E-state index in [0.717, 1.165) is 35.9 Å². The molecule has 4 rings (SSSR count). The number of aliphatic hydroxyl groups is 1. The van der Waals surface area contributed by atoms with E-state index in [1.54, 1.807) is 36.4 Å². The number of hydrogen-bond donors (Lipinski definition) is 3. The zero-order chi connectivity index (χ0) is 22.5. The lowest BCUT2D eigenvalue weighted by molar-refractivity contribution is 0.0915. The van der Waals surface area contributed by atoms with Crippen molar-refractivity contribution in [3.05, 3.63) is 57.5 Å². The largest absolute Gasteiger partial charge is 0.491 e. The molecule has 1 amide bonds. The van der Waals surface area contributed by atoms with E-state index in [0.29, 0.717) is 33.4 Å². The molecule has 1 heterocycles. The molecule has 170 valence electrons. The van der Waals surface area contributed by atoms with Gasteiger partial charge in [0.15, 0.2) is 5.01 Å². The number of ether oxygens (including phenoxy) is 1. The number of aromatic nitrogens is 1. The van der Waals surface area contributed by atoms with Crippen molar-refractivity contribution in [2.24, 2.45) is 0 Å². The van der Waals surface area contributed by atoms with E-state index < -0.39 is 6.10 Å². The predicted molar refractivity (Wildman–Crippen MR) is 129 cm³/mol. The van der Waals surface area contributed by atoms with Gasteiger partial charge in [-0.1, -0.05) is 23.2 Å². The number of carbonyl (C=O) groups excluding carboxylic acids is 1. The van der Waals surface area contributed by atoms with Crippen LogP contribution in [0.1, 0.15) is 35.5 Å². The smallest absolute Gasteiger partial charge is 0.280 e. The van der Waals surface area contributed by atoms with Gasteiger partial charge in [-0.15, -0.1) is 11.3 Å². The first-order chi connectivity index (χ1) is 15.5. The Morgan fingerprint density at radius 1 is 1.09 bits per heavy atom. The molecule has 0 spiro atoms. The number of carbonyl (C=O) groups is 1. The first kappa shape index (κ1) is 23.3. The number of hydrogen-bond acceptors (Lipinski definition) is 6. The van der Waals surface area contributed by atoms with Crippen molar-refractivity contribution in [1.82, 2.24) is 15.6 Å². The fourth-order valence-corrected chi connectivity index (χ4v) is 4.91. The van der Waals surface area contributed by atoms with E-state index in [1.807, 2.05) is 6.07 Å². The molecule has 1 saturated carbocycles. The normalized spacial score (nSPS) is 19.6. The molecule has 1 atom stereocenters. The van der Waals surface area contributed by atoms with Gasteiger partial charge in [0.2, 0.25) is 0 Å². The molecule has 1 unspecified atom stereocenters. The molecule has 1 aliphatic carbocycles. The molecule has 1 fully saturated rings. The highest BCUT2D eigenvalue weighted by atomic mass is 35.5. The molecule has 0 saturated heterocycles. The zero-order valence-electron chi connectivity index (χ0n) is 17.4. The van der Waals surface area contributed by atoms with Gasteiger partial charge < -0.3 is 20.5 Å². The minimum atomic E-state index is -0.601. The molecule has 32 heavy (non-hydrogen) atoms. The van der Waals surface area contributed by atoms with Crippen molar-refractivity contribution in [2.45, 2.75) is 43.9 Å². The van der Waals surface area contributed by atoms with E-state index >= 15 is 0 Å². The SMILES string of the molecule is O=C(NC1CCC(NCC(O)COc2ccc(Cl)cc2)CC1)c1nc2cc(Cl)ccc2s1. The predicted octanol–water partition coefficient (Wildman–Crippen LogP) is 4.67. The summed E-state index contributed by atoms with van der Waals surface area (Å²) in [6.07, 6.45) is 3.04. The van der Waals surface area contributed by atoms with E-state index in [9.17, 15) is 9.90 Å². The number of aliphatic hydroxyl groups excluding tert-OH is 1. The van der Waals surface area contributed by atoms with Crippen LogP contribution in [0, 0.1) is 0 Å². The standard InChI is InChI=1S/C23H25Cl2N3O3S/c24-14-1-8-19(9-2-14)31-13-18(29)12-26-16-4-6-17(7-5-16)27-22(30)23-28-20-11-15(25)3-10-21(20)32-23/h1-3,8-11,16-18,26,29H,4-7,12-13H2,(H,27,30). The maximum atomic E-state index is 12.6. The molecule has 3 aromatic rings. The highest BCUT2D eigenvalue weighted by Crippen LogP contribution is 2.26. The molecule has 6 nitrogen and oxygen atoms in total. The van der Waals surface area contributed by atoms with Crippen LogP contribution in [0.5, 0.6) is 5.75 Å². The maximum Gasteiger partial charge on any atom is 0.280 e. The Labute approximate surface area is 200 Å². The van der Waals surface area contributed by atoms with E-state index in [2.05, 4.69) is 15.6 Å². The average molecular weight is 494 g/mol. The molecule has 1 aromatic heterocycles. The average Bonchev–Trinajstić information content (AvgIpc) is 3.21. The number of benzene rings is 2. The van der Waals surface area contributed by atoms with Gasteiger partial charge in [0.1, 0.15) is 18.5 Å². The van der Waals surface area contributed by atoms with Crippen LogP contribution < -0.4 is 15.4 Å². The van der Waals surface area contributed by atoms with Crippen molar-refractivity contribution in [1.29, 1.82) is 0 Å². The number of amides is 1. The molecule has 0 bridgehead atoms. The molecule has 2 aromatic carbocycles. The number of fused-ring (bicyclic) bond motifs is 1. The summed E-state index contributed by atoms with van der Waals surface area (Å²) in [5.41, 5.74) is 0.749. The lowest BCUT2D eigenvalue weighted by Gasteiger charge is -2.30. The highest BCUT2D eigenvalue weighted by molar-refractivity contribution is 7.20. The second kappa shape index (κ2) is 10.8. The Hall–Kier alpha value is -1.90. The molecular formula is C23H25Cl2N3O3S. The minimum absolute atomic E-state index is 0.131. The number of nitrogens with one attached hydrogen (secondary N) is 2. The summed E-state index contributed by atoms with van der Waals surface area (Å²) in [5, 5.41) is 18.4. The van der Waals surface area contributed by atoms with Crippen molar-refractivity contribution in [3.63, 3.8) is 0 Å². The summed E-state index contributed by atoms with van der Waals surface area (Å²) in [6, 6.07) is 13.0. The third-order valence-corrected chi connectivity index (χ3v) is 7.03. The summed E-state index contributed by atoms with van der Waals surface area (Å²) < 4.78 is 6.54. The van der Waals surface area contributed by atoms with Crippen LogP contribution in [-0.2, 0) is 0 Å². The summed E-state index contributed by atoms with van der Waals surface area (Å²) in [6.45, 7) is 0.678.